The fourth-order valence-corrected chi connectivity index (χ4v) is 1.06. The van der Waals surface area contributed by atoms with Crippen LogP contribution in [0.4, 0.5) is 10.1 Å². The van der Waals surface area contributed by atoms with E-state index in [0.717, 1.165) is 12.4 Å². The molecule has 0 aliphatic carbocycles. The normalized spacial score (nSPS) is 10.1. The minimum Gasteiger partial charge on any atom is -0.397 e. The second-order valence-electron chi connectivity index (χ2n) is 2.69. The molecule has 0 radical (unpaired) electrons. The molecule has 0 aromatic carbocycles. The van der Waals surface area contributed by atoms with E-state index in [1.165, 1.54) is 6.20 Å². The maximum Gasteiger partial charge on any atom is 0.161 e. The first-order chi connectivity index (χ1) is 6.77. The maximum atomic E-state index is 12.5. The molecule has 2 rings (SSSR count). The van der Waals surface area contributed by atoms with Crippen LogP contribution in [-0.4, -0.2) is 15.0 Å². The van der Waals surface area contributed by atoms with Crippen LogP contribution in [0.3, 0.4) is 0 Å². The Bertz CT molecular complexity index is 441. The van der Waals surface area contributed by atoms with Crippen molar-refractivity contribution in [1.82, 2.24) is 15.0 Å². The standard InChI is InChI=1S/C9H7FN4/c10-6-3-13-9(14-4-6)7-1-2-12-5-8(7)11/h1-5H,11H2. The Balaban J connectivity index is 2.50. The maximum absolute atomic E-state index is 12.5. The quantitative estimate of drug-likeness (QED) is 0.735. The van der Waals surface area contributed by atoms with Gasteiger partial charge in [-0.2, -0.15) is 0 Å². The number of nitrogens with zero attached hydrogens (tertiary/aromatic N) is 3. The number of pyridine rings is 1. The third-order valence-corrected chi connectivity index (χ3v) is 1.71. The minimum absolute atomic E-state index is 0.395. The molecule has 70 valence electrons. The van der Waals surface area contributed by atoms with Gasteiger partial charge in [0.1, 0.15) is 0 Å². The van der Waals surface area contributed by atoms with Gasteiger partial charge in [0.2, 0.25) is 0 Å². The summed E-state index contributed by atoms with van der Waals surface area (Å²) in [6.45, 7) is 0. The van der Waals surface area contributed by atoms with Crippen LogP contribution < -0.4 is 5.73 Å². The zero-order chi connectivity index (χ0) is 9.97. The molecule has 2 aromatic rings. The molecule has 0 unspecified atom stereocenters. The molecule has 0 aliphatic rings. The molecule has 0 aliphatic heterocycles. The molecular weight excluding hydrogens is 183 g/mol. The van der Waals surface area contributed by atoms with Gasteiger partial charge in [-0.05, 0) is 6.07 Å². The molecule has 0 fully saturated rings. The van der Waals surface area contributed by atoms with E-state index in [4.69, 9.17) is 5.73 Å². The Morgan fingerprint density at radius 2 is 1.86 bits per heavy atom. The highest BCUT2D eigenvalue weighted by atomic mass is 19.1. The van der Waals surface area contributed by atoms with E-state index in [1.54, 1.807) is 12.3 Å². The predicted molar refractivity (Wildman–Crippen MR) is 49.6 cm³/mol. The SMILES string of the molecule is Nc1cnccc1-c1ncc(F)cn1. The van der Waals surface area contributed by atoms with E-state index in [9.17, 15) is 4.39 Å². The monoisotopic (exact) mass is 190 g/mol. The number of anilines is 1. The molecular formula is C9H7FN4. The molecule has 0 atom stereocenters. The lowest BCUT2D eigenvalue weighted by Gasteiger charge is -2.01. The van der Waals surface area contributed by atoms with Gasteiger partial charge in [0, 0.05) is 11.8 Å². The van der Waals surface area contributed by atoms with Crippen LogP contribution in [0.15, 0.2) is 30.9 Å². The van der Waals surface area contributed by atoms with E-state index in [2.05, 4.69) is 15.0 Å². The summed E-state index contributed by atoms with van der Waals surface area (Å²) < 4.78 is 12.5. The fraction of sp³-hybridized carbons (Fsp3) is 0. The Kier molecular flexibility index (Phi) is 2.06. The topological polar surface area (TPSA) is 64.7 Å². The van der Waals surface area contributed by atoms with Crippen molar-refractivity contribution in [3.05, 3.63) is 36.7 Å². The van der Waals surface area contributed by atoms with Crippen LogP contribution in [0.2, 0.25) is 0 Å². The molecule has 0 saturated carbocycles. The average molecular weight is 190 g/mol. The van der Waals surface area contributed by atoms with Crippen LogP contribution in [0, 0.1) is 5.82 Å². The van der Waals surface area contributed by atoms with E-state index >= 15 is 0 Å². The van der Waals surface area contributed by atoms with Crippen molar-refractivity contribution in [2.75, 3.05) is 5.73 Å². The van der Waals surface area contributed by atoms with Gasteiger partial charge in [0.25, 0.3) is 0 Å². The minimum atomic E-state index is -0.471. The van der Waals surface area contributed by atoms with Gasteiger partial charge in [0.15, 0.2) is 11.6 Å². The fourth-order valence-electron chi connectivity index (χ4n) is 1.06. The summed E-state index contributed by atoms with van der Waals surface area (Å²) in [4.78, 5) is 11.5. The summed E-state index contributed by atoms with van der Waals surface area (Å²) in [5, 5.41) is 0. The molecule has 5 heteroatoms. The molecule has 2 aromatic heterocycles. The Hall–Kier alpha value is -2.04. The van der Waals surface area contributed by atoms with Crippen molar-refractivity contribution < 1.29 is 4.39 Å². The summed E-state index contributed by atoms with van der Waals surface area (Å²) in [7, 11) is 0. The lowest BCUT2D eigenvalue weighted by molar-refractivity contribution is 0.614. The Labute approximate surface area is 79.7 Å². The van der Waals surface area contributed by atoms with E-state index < -0.39 is 5.82 Å². The van der Waals surface area contributed by atoms with E-state index in [0.29, 0.717) is 17.1 Å². The number of nitrogens with two attached hydrogens (primary N) is 1. The van der Waals surface area contributed by atoms with Crippen molar-refractivity contribution in [1.29, 1.82) is 0 Å². The summed E-state index contributed by atoms with van der Waals surface area (Å²) in [6.07, 6.45) is 5.28. The largest absolute Gasteiger partial charge is 0.397 e. The summed E-state index contributed by atoms with van der Waals surface area (Å²) in [5.74, 6) is -0.0762. The summed E-state index contributed by atoms with van der Waals surface area (Å²) in [5.41, 5.74) is 6.78. The van der Waals surface area contributed by atoms with Crippen LogP contribution in [0.5, 0.6) is 0 Å². The molecule has 0 bridgehead atoms. The second-order valence-corrected chi connectivity index (χ2v) is 2.69. The van der Waals surface area contributed by atoms with Crippen molar-refractivity contribution >= 4 is 5.69 Å². The van der Waals surface area contributed by atoms with E-state index in [1.807, 2.05) is 0 Å². The van der Waals surface area contributed by atoms with Gasteiger partial charge >= 0.3 is 0 Å². The predicted octanol–water partition coefficient (Wildman–Crippen LogP) is 1.26. The van der Waals surface area contributed by atoms with Crippen LogP contribution in [-0.2, 0) is 0 Å². The van der Waals surface area contributed by atoms with Crippen LogP contribution in [0.25, 0.3) is 11.4 Å². The third-order valence-electron chi connectivity index (χ3n) is 1.71. The van der Waals surface area contributed by atoms with Crippen LogP contribution >= 0.6 is 0 Å². The molecule has 2 N–H and O–H groups in total. The molecule has 0 spiro atoms. The number of hydrogen-bond acceptors (Lipinski definition) is 4. The highest BCUT2D eigenvalue weighted by molar-refractivity contribution is 5.69. The van der Waals surface area contributed by atoms with Gasteiger partial charge in [-0.3, -0.25) is 4.98 Å². The smallest absolute Gasteiger partial charge is 0.161 e. The molecule has 0 saturated heterocycles. The lowest BCUT2D eigenvalue weighted by atomic mass is 10.2. The Morgan fingerprint density at radius 3 is 2.50 bits per heavy atom. The van der Waals surface area contributed by atoms with E-state index in [-0.39, 0.29) is 0 Å². The van der Waals surface area contributed by atoms with Gasteiger partial charge < -0.3 is 5.73 Å². The number of hydrogen-bond donors (Lipinski definition) is 1. The first-order valence-corrected chi connectivity index (χ1v) is 3.95. The van der Waals surface area contributed by atoms with Gasteiger partial charge in [0.05, 0.1) is 24.3 Å². The van der Waals surface area contributed by atoms with Gasteiger partial charge in [-0.1, -0.05) is 0 Å². The first kappa shape index (κ1) is 8.55. The molecule has 2 heterocycles. The lowest BCUT2D eigenvalue weighted by Crippen LogP contribution is -1.95. The third kappa shape index (κ3) is 1.52. The Morgan fingerprint density at radius 1 is 1.14 bits per heavy atom. The molecule has 14 heavy (non-hydrogen) atoms. The average Bonchev–Trinajstić information content (AvgIpc) is 2.20. The number of halogens is 1. The number of rotatable bonds is 1. The summed E-state index contributed by atoms with van der Waals surface area (Å²) in [6, 6.07) is 1.68. The zero-order valence-electron chi connectivity index (χ0n) is 7.18. The molecule has 0 amide bonds. The van der Waals surface area contributed by atoms with Crippen molar-refractivity contribution in [2.45, 2.75) is 0 Å². The second kappa shape index (κ2) is 3.37. The number of aromatic nitrogens is 3. The first-order valence-electron chi connectivity index (χ1n) is 3.95. The highest BCUT2D eigenvalue weighted by Gasteiger charge is 2.04. The van der Waals surface area contributed by atoms with Crippen LogP contribution in [0.1, 0.15) is 0 Å². The van der Waals surface area contributed by atoms with Crippen molar-refractivity contribution in [3.8, 4) is 11.4 Å². The van der Waals surface area contributed by atoms with Crippen molar-refractivity contribution in [2.24, 2.45) is 0 Å². The van der Waals surface area contributed by atoms with Gasteiger partial charge in [-0.25, -0.2) is 14.4 Å². The number of nitrogen functional groups attached to an aromatic ring is 1. The highest BCUT2D eigenvalue weighted by Crippen LogP contribution is 2.19. The van der Waals surface area contributed by atoms with Gasteiger partial charge in [-0.15, -0.1) is 0 Å². The zero-order valence-corrected chi connectivity index (χ0v) is 7.18. The summed E-state index contributed by atoms with van der Waals surface area (Å²) >= 11 is 0. The molecule has 4 nitrogen and oxygen atoms in total. The van der Waals surface area contributed by atoms with Crippen molar-refractivity contribution in [3.63, 3.8) is 0 Å².